The third-order valence-electron chi connectivity index (χ3n) is 1.37. The molecule has 0 fully saturated rings. The van der Waals surface area contributed by atoms with Crippen LogP contribution in [-0.4, -0.2) is 11.7 Å². The van der Waals surface area contributed by atoms with Crippen LogP contribution in [-0.2, 0) is 0 Å². The molecule has 0 aliphatic carbocycles. The molecule has 0 aromatic carbocycles. The summed E-state index contributed by atoms with van der Waals surface area (Å²) in [6.07, 6.45) is 0.285. The van der Waals surface area contributed by atoms with Gasteiger partial charge in [0, 0.05) is 0 Å². The summed E-state index contributed by atoms with van der Waals surface area (Å²) in [6, 6.07) is 1.92. The van der Waals surface area contributed by atoms with Gasteiger partial charge in [-0.2, -0.15) is 11.3 Å². The summed E-state index contributed by atoms with van der Waals surface area (Å²) in [7, 11) is 0. The molecule has 0 amide bonds. The Kier molecular flexibility index (Phi) is 2.86. The van der Waals surface area contributed by atoms with Gasteiger partial charge in [-0.05, 0) is 35.4 Å². The maximum Gasteiger partial charge on any atom is 0.0810 e. The molecule has 56 valence electrons. The minimum absolute atomic E-state index is 0.365. The summed E-state index contributed by atoms with van der Waals surface area (Å²) >= 11 is 1.59. The molecule has 0 saturated carbocycles. The monoisotopic (exact) mass is 157 g/mol. The quantitative estimate of drug-likeness (QED) is 0.691. The van der Waals surface area contributed by atoms with E-state index >= 15 is 0 Å². The lowest BCUT2D eigenvalue weighted by Gasteiger charge is -2.04. The van der Waals surface area contributed by atoms with Crippen LogP contribution in [0.5, 0.6) is 0 Å². The van der Waals surface area contributed by atoms with Gasteiger partial charge < -0.3 is 10.8 Å². The van der Waals surface area contributed by atoms with Crippen molar-refractivity contribution in [2.45, 2.75) is 12.5 Å². The summed E-state index contributed by atoms with van der Waals surface area (Å²) in [6.45, 7) is 0.539. The topological polar surface area (TPSA) is 46.2 Å². The fourth-order valence-electron chi connectivity index (χ4n) is 0.789. The van der Waals surface area contributed by atoms with E-state index in [1.165, 1.54) is 0 Å². The largest absolute Gasteiger partial charge is 0.388 e. The van der Waals surface area contributed by atoms with Crippen molar-refractivity contribution in [3.05, 3.63) is 22.4 Å². The van der Waals surface area contributed by atoms with Gasteiger partial charge in [-0.1, -0.05) is 0 Å². The zero-order chi connectivity index (χ0) is 7.40. The van der Waals surface area contributed by atoms with Gasteiger partial charge in [0.25, 0.3) is 0 Å². The van der Waals surface area contributed by atoms with Gasteiger partial charge >= 0.3 is 0 Å². The summed E-state index contributed by atoms with van der Waals surface area (Å²) in [4.78, 5) is 0. The molecular weight excluding hydrogens is 146 g/mol. The molecule has 0 aliphatic heterocycles. The predicted octanol–water partition coefficient (Wildman–Crippen LogP) is 1.13. The summed E-state index contributed by atoms with van der Waals surface area (Å²) in [5.41, 5.74) is 6.26. The molecule has 1 aromatic rings. The molecule has 0 saturated heterocycles. The third-order valence-corrected chi connectivity index (χ3v) is 2.07. The Bertz CT molecular complexity index is 174. The molecule has 0 radical (unpaired) electrons. The maximum atomic E-state index is 9.34. The lowest BCUT2D eigenvalue weighted by atomic mass is 10.1. The average Bonchev–Trinajstić information content (AvgIpc) is 2.38. The molecule has 10 heavy (non-hydrogen) atoms. The van der Waals surface area contributed by atoms with Crippen LogP contribution in [0.3, 0.4) is 0 Å². The van der Waals surface area contributed by atoms with Crippen molar-refractivity contribution < 1.29 is 5.11 Å². The Morgan fingerprint density at radius 3 is 3.00 bits per heavy atom. The highest BCUT2D eigenvalue weighted by molar-refractivity contribution is 7.07. The normalized spacial score (nSPS) is 13.4. The van der Waals surface area contributed by atoms with Crippen LogP contribution in [0, 0.1) is 0 Å². The molecule has 0 unspecified atom stereocenters. The van der Waals surface area contributed by atoms with Crippen LogP contribution in [0.25, 0.3) is 0 Å². The number of rotatable bonds is 3. The van der Waals surface area contributed by atoms with Gasteiger partial charge in [-0.3, -0.25) is 0 Å². The molecule has 0 bridgehead atoms. The SMILES string of the molecule is NCC[C@@H](O)c1ccsc1. The third kappa shape index (κ3) is 1.80. The van der Waals surface area contributed by atoms with E-state index in [0.717, 1.165) is 5.56 Å². The molecule has 1 rings (SSSR count). The minimum atomic E-state index is -0.365. The van der Waals surface area contributed by atoms with Crippen LogP contribution in [0.15, 0.2) is 16.8 Å². The predicted molar refractivity (Wildman–Crippen MR) is 43.0 cm³/mol. The second-order valence-corrected chi connectivity index (χ2v) is 2.93. The zero-order valence-corrected chi connectivity index (χ0v) is 6.47. The van der Waals surface area contributed by atoms with Gasteiger partial charge in [0.2, 0.25) is 0 Å². The molecule has 1 atom stereocenters. The summed E-state index contributed by atoms with van der Waals surface area (Å²) in [5, 5.41) is 13.2. The van der Waals surface area contributed by atoms with Gasteiger partial charge in [-0.25, -0.2) is 0 Å². The lowest BCUT2D eigenvalue weighted by Crippen LogP contribution is -2.05. The van der Waals surface area contributed by atoms with Gasteiger partial charge in [0.1, 0.15) is 0 Å². The minimum Gasteiger partial charge on any atom is -0.388 e. The molecule has 1 heterocycles. The Hall–Kier alpha value is -0.380. The fraction of sp³-hybridized carbons (Fsp3) is 0.429. The first-order valence-electron chi connectivity index (χ1n) is 3.25. The molecule has 3 N–H and O–H groups in total. The standard InChI is InChI=1S/C7H11NOS/c8-3-1-7(9)6-2-4-10-5-6/h2,4-5,7,9H,1,3,8H2/t7-/m1/s1. The average molecular weight is 157 g/mol. The van der Waals surface area contributed by atoms with E-state index in [9.17, 15) is 5.11 Å². The van der Waals surface area contributed by atoms with Crippen LogP contribution in [0.2, 0.25) is 0 Å². The first kappa shape index (κ1) is 7.72. The van der Waals surface area contributed by atoms with E-state index in [4.69, 9.17) is 5.73 Å². The molecular formula is C7H11NOS. The van der Waals surface area contributed by atoms with Crippen molar-refractivity contribution in [1.29, 1.82) is 0 Å². The van der Waals surface area contributed by atoms with E-state index in [1.54, 1.807) is 11.3 Å². The first-order chi connectivity index (χ1) is 4.84. The van der Waals surface area contributed by atoms with E-state index < -0.39 is 0 Å². The van der Waals surface area contributed by atoms with Crippen LogP contribution >= 0.6 is 11.3 Å². The highest BCUT2D eigenvalue weighted by Crippen LogP contribution is 2.17. The first-order valence-corrected chi connectivity index (χ1v) is 4.19. The molecule has 3 heteroatoms. The smallest absolute Gasteiger partial charge is 0.0810 e. The van der Waals surface area contributed by atoms with Gasteiger partial charge in [0.15, 0.2) is 0 Å². The van der Waals surface area contributed by atoms with Crippen molar-refractivity contribution in [1.82, 2.24) is 0 Å². The Balaban J connectivity index is 2.50. The zero-order valence-electron chi connectivity index (χ0n) is 5.66. The molecule has 0 aliphatic rings. The van der Waals surface area contributed by atoms with Crippen molar-refractivity contribution in [2.75, 3.05) is 6.54 Å². The number of nitrogens with two attached hydrogens (primary N) is 1. The van der Waals surface area contributed by atoms with Gasteiger partial charge in [0.05, 0.1) is 6.10 Å². The number of hydrogen-bond acceptors (Lipinski definition) is 3. The number of hydrogen-bond donors (Lipinski definition) is 2. The molecule has 0 spiro atoms. The van der Waals surface area contributed by atoms with Crippen LogP contribution < -0.4 is 5.73 Å². The van der Waals surface area contributed by atoms with E-state index in [2.05, 4.69) is 0 Å². The number of thiophene rings is 1. The van der Waals surface area contributed by atoms with Crippen LogP contribution in [0.1, 0.15) is 18.1 Å². The van der Waals surface area contributed by atoms with E-state index in [1.807, 2.05) is 16.8 Å². The van der Waals surface area contributed by atoms with E-state index in [-0.39, 0.29) is 6.10 Å². The molecule has 1 aromatic heterocycles. The number of aliphatic hydroxyl groups is 1. The van der Waals surface area contributed by atoms with Crippen molar-refractivity contribution in [3.63, 3.8) is 0 Å². The highest BCUT2D eigenvalue weighted by Gasteiger charge is 2.04. The second-order valence-electron chi connectivity index (χ2n) is 2.15. The Morgan fingerprint density at radius 2 is 2.50 bits per heavy atom. The fourth-order valence-corrected chi connectivity index (χ4v) is 1.50. The number of aliphatic hydroxyl groups excluding tert-OH is 1. The lowest BCUT2D eigenvalue weighted by molar-refractivity contribution is 0.171. The molecule has 2 nitrogen and oxygen atoms in total. The summed E-state index contributed by atoms with van der Waals surface area (Å²) < 4.78 is 0. The maximum absolute atomic E-state index is 9.34. The Morgan fingerprint density at radius 1 is 1.70 bits per heavy atom. The van der Waals surface area contributed by atoms with Crippen molar-refractivity contribution >= 4 is 11.3 Å². The van der Waals surface area contributed by atoms with Crippen LogP contribution in [0.4, 0.5) is 0 Å². The second kappa shape index (κ2) is 3.71. The van der Waals surface area contributed by atoms with Crippen molar-refractivity contribution in [3.8, 4) is 0 Å². The van der Waals surface area contributed by atoms with Gasteiger partial charge in [-0.15, -0.1) is 0 Å². The Labute approximate surface area is 64.3 Å². The highest BCUT2D eigenvalue weighted by atomic mass is 32.1. The van der Waals surface area contributed by atoms with E-state index in [0.29, 0.717) is 13.0 Å². The summed E-state index contributed by atoms with van der Waals surface area (Å²) in [5.74, 6) is 0. The van der Waals surface area contributed by atoms with Crippen molar-refractivity contribution in [2.24, 2.45) is 5.73 Å².